The van der Waals surface area contributed by atoms with Crippen LogP contribution in [0.15, 0.2) is 24.3 Å². The van der Waals surface area contributed by atoms with E-state index in [1.54, 1.807) is 0 Å². The van der Waals surface area contributed by atoms with Crippen LogP contribution < -0.4 is 5.73 Å². The Kier molecular flexibility index (Phi) is 2.53. The second-order valence-electron chi connectivity index (χ2n) is 5.59. The zero-order chi connectivity index (χ0) is 11.9. The minimum absolute atomic E-state index is 0.0721. The molecule has 92 valence electrons. The molecule has 1 aliphatic heterocycles. The summed E-state index contributed by atoms with van der Waals surface area (Å²) in [5, 5.41) is 0. The van der Waals surface area contributed by atoms with Crippen molar-refractivity contribution < 1.29 is 4.74 Å². The second kappa shape index (κ2) is 3.82. The molecule has 0 radical (unpaired) electrons. The highest BCUT2D eigenvalue weighted by molar-refractivity contribution is 5.37. The summed E-state index contributed by atoms with van der Waals surface area (Å²) in [5.74, 6) is 0. The van der Waals surface area contributed by atoms with Gasteiger partial charge in [0.2, 0.25) is 0 Å². The largest absolute Gasteiger partial charge is 0.373 e. The maximum atomic E-state index is 6.80. The first kappa shape index (κ1) is 11.2. The highest BCUT2D eigenvalue weighted by Crippen LogP contribution is 2.51. The molecule has 1 saturated heterocycles. The average Bonchev–Trinajstić information content (AvgIpc) is 2.28. The van der Waals surface area contributed by atoms with Crippen LogP contribution in [0.4, 0.5) is 0 Å². The molecule has 0 bridgehead atoms. The molecular formula is C15H21NO. The van der Waals surface area contributed by atoms with Crippen molar-refractivity contribution in [2.75, 3.05) is 6.61 Å². The Bertz CT molecular complexity index is 425. The summed E-state index contributed by atoms with van der Waals surface area (Å²) >= 11 is 0. The van der Waals surface area contributed by atoms with Gasteiger partial charge in [0, 0.05) is 6.42 Å². The molecule has 3 rings (SSSR count). The lowest BCUT2D eigenvalue weighted by Gasteiger charge is -2.57. The average molecular weight is 231 g/mol. The standard InChI is InChI=1S/C15H21NO/c1-12-6-2-3-7-13(12)15(16)9-5-4-8-14(15)10-11-17-14/h2-3,6-7H,4-5,8-11,16H2,1H3/t14?,15-/m1/s1. The molecule has 1 aliphatic carbocycles. The lowest BCUT2D eigenvalue weighted by Crippen LogP contribution is -2.66. The van der Waals surface area contributed by atoms with Gasteiger partial charge in [0.1, 0.15) is 0 Å². The minimum Gasteiger partial charge on any atom is -0.373 e. The van der Waals surface area contributed by atoms with Crippen LogP contribution >= 0.6 is 0 Å². The molecule has 0 aromatic heterocycles. The smallest absolute Gasteiger partial charge is 0.0924 e. The summed E-state index contributed by atoms with van der Waals surface area (Å²) in [5.41, 5.74) is 9.04. The van der Waals surface area contributed by atoms with Gasteiger partial charge >= 0.3 is 0 Å². The topological polar surface area (TPSA) is 35.2 Å². The molecule has 2 N–H and O–H groups in total. The van der Waals surface area contributed by atoms with Crippen molar-refractivity contribution in [2.45, 2.75) is 50.2 Å². The number of hydrogen-bond acceptors (Lipinski definition) is 2. The molecule has 2 nitrogen and oxygen atoms in total. The fourth-order valence-corrected chi connectivity index (χ4v) is 3.62. The zero-order valence-corrected chi connectivity index (χ0v) is 10.5. The normalized spacial score (nSPS) is 36.8. The van der Waals surface area contributed by atoms with Gasteiger partial charge in [-0.25, -0.2) is 0 Å². The first-order chi connectivity index (χ1) is 8.18. The highest BCUT2D eigenvalue weighted by Gasteiger charge is 2.56. The van der Waals surface area contributed by atoms with Gasteiger partial charge in [-0.15, -0.1) is 0 Å². The molecule has 1 aromatic rings. The van der Waals surface area contributed by atoms with E-state index in [9.17, 15) is 0 Å². The summed E-state index contributed by atoms with van der Waals surface area (Å²) in [4.78, 5) is 0. The number of rotatable bonds is 1. The first-order valence-electron chi connectivity index (χ1n) is 6.67. The highest BCUT2D eigenvalue weighted by atomic mass is 16.5. The Morgan fingerprint density at radius 3 is 2.47 bits per heavy atom. The number of hydrogen-bond donors (Lipinski definition) is 1. The van der Waals surface area contributed by atoms with Crippen molar-refractivity contribution in [1.82, 2.24) is 0 Å². The van der Waals surface area contributed by atoms with E-state index in [2.05, 4.69) is 31.2 Å². The fraction of sp³-hybridized carbons (Fsp3) is 0.600. The Morgan fingerprint density at radius 1 is 1.12 bits per heavy atom. The number of nitrogens with two attached hydrogens (primary N) is 1. The van der Waals surface area contributed by atoms with E-state index in [-0.39, 0.29) is 11.1 Å². The zero-order valence-electron chi connectivity index (χ0n) is 10.5. The van der Waals surface area contributed by atoms with Crippen LogP contribution in [-0.2, 0) is 10.3 Å². The maximum absolute atomic E-state index is 6.80. The van der Waals surface area contributed by atoms with E-state index in [0.29, 0.717) is 0 Å². The van der Waals surface area contributed by atoms with E-state index >= 15 is 0 Å². The predicted molar refractivity (Wildman–Crippen MR) is 68.8 cm³/mol. The van der Waals surface area contributed by atoms with Crippen LogP contribution in [-0.4, -0.2) is 12.2 Å². The van der Waals surface area contributed by atoms with Gasteiger partial charge in [0.15, 0.2) is 0 Å². The van der Waals surface area contributed by atoms with Crippen molar-refractivity contribution in [2.24, 2.45) is 5.73 Å². The molecular weight excluding hydrogens is 210 g/mol. The molecule has 1 heterocycles. The molecule has 1 unspecified atom stereocenters. The summed E-state index contributed by atoms with van der Waals surface area (Å²) in [7, 11) is 0. The van der Waals surface area contributed by atoms with Crippen molar-refractivity contribution in [1.29, 1.82) is 0 Å². The van der Waals surface area contributed by atoms with Crippen molar-refractivity contribution in [3.63, 3.8) is 0 Å². The minimum atomic E-state index is -0.269. The van der Waals surface area contributed by atoms with Crippen LogP contribution in [0.25, 0.3) is 0 Å². The SMILES string of the molecule is Cc1ccccc1[C@]1(N)CCCCC12CCO2. The van der Waals surface area contributed by atoms with Crippen LogP contribution in [0.5, 0.6) is 0 Å². The molecule has 0 amide bonds. The van der Waals surface area contributed by atoms with Gasteiger partial charge in [-0.3, -0.25) is 0 Å². The summed E-state index contributed by atoms with van der Waals surface area (Å²) in [6.45, 7) is 3.04. The quantitative estimate of drug-likeness (QED) is 0.806. The number of benzene rings is 1. The molecule has 2 heteroatoms. The molecule has 2 atom stereocenters. The molecule has 2 fully saturated rings. The lowest BCUT2D eigenvalue weighted by molar-refractivity contribution is -0.209. The summed E-state index contributed by atoms with van der Waals surface area (Å²) in [6.07, 6.45) is 5.77. The van der Waals surface area contributed by atoms with Crippen molar-refractivity contribution >= 4 is 0 Å². The maximum Gasteiger partial charge on any atom is 0.0924 e. The van der Waals surface area contributed by atoms with Gasteiger partial charge in [-0.05, 0) is 30.9 Å². The van der Waals surface area contributed by atoms with E-state index in [1.165, 1.54) is 24.0 Å². The van der Waals surface area contributed by atoms with Crippen LogP contribution in [0.2, 0.25) is 0 Å². The number of aryl methyl sites for hydroxylation is 1. The van der Waals surface area contributed by atoms with Crippen molar-refractivity contribution in [3.05, 3.63) is 35.4 Å². The van der Waals surface area contributed by atoms with Gasteiger partial charge in [-0.1, -0.05) is 37.1 Å². The molecule has 1 spiro atoms. The van der Waals surface area contributed by atoms with E-state index in [0.717, 1.165) is 25.9 Å². The van der Waals surface area contributed by atoms with E-state index < -0.39 is 0 Å². The number of ether oxygens (including phenoxy) is 1. The third-order valence-electron chi connectivity index (χ3n) is 4.72. The van der Waals surface area contributed by atoms with Crippen LogP contribution in [0.3, 0.4) is 0 Å². The summed E-state index contributed by atoms with van der Waals surface area (Å²) in [6, 6.07) is 8.52. The van der Waals surface area contributed by atoms with Crippen LogP contribution in [0.1, 0.15) is 43.2 Å². The van der Waals surface area contributed by atoms with E-state index in [4.69, 9.17) is 10.5 Å². The first-order valence-corrected chi connectivity index (χ1v) is 6.67. The molecule has 17 heavy (non-hydrogen) atoms. The Hall–Kier alpha value is -0.860. The Morgan fingerprint density at radius 2 is 1.82 bits per heavy atom. The van der Waals surface area contributed by atoms with Gasteiger partial charge < -0.3 is 10.5 Å². The third kappa shape index (κ3) is 1.47. The van der Waals surface area contributed by atoms with Gasteiger partial charge in [-0.2, -0.15) is 0 Å². The molecule has 1 saturated carbocycles. The molecule has 2 aliphatic rings. The van der Waals surface area contributed by atoms with Gasteiger partial charge in [0.25, 0.3) is 0 Å². The van der Waals surface area contributed by atoms with E-state index in [1.807, 2.05) is 0 Å². The Labute approximate surface area is 103 Å². The monoisotopic (exact) mass is 231 g/mol. The summed E-state index contributed by atoms with van der Waals surface area (Å²) < 4.78 is 5.96. The van der Waals surface area contributed by atoms with Crippen molar-refractivity contribution in [3.8, 4) is 0 Å². The van der Waals surface area contributed by atoms with Crippen LogP contribution in [0, 0.1) is 6.92 Å². The third-order valence-corrected chi connectivity index (χ3v) is 4.72. The predicted octanol–water partition coefficient (Wildman–Crippen LogP) is 2.88. The Balaban J connectivity index is 2.06. The fourth-order valence-electron chi connectivity index (χ4n) is 3.62. The second-order valence-corrected chi connectivity index (χ2v) is 5.59. The molecule has 1 aromatic carbocycles. The lowest BCUT2D eigenvalue weighted by atomic mass is 9.62. The van der Waals surface area contributed by atoms with Gasteiger partial charge in [0.05, 0.1) is 17.7 Å².